The van der Waals surface area contributed by atoms with Crippen molar-refractivity contribution in [2.24, 2.45) is 0 Å². The van der Waals surface area contributed by atoms with Gasteiger partial charge < -0.3 is 9.79 Å². The van der Waals surface area contributed by atoms with E-state index in [0.717, 1.165) is 0 Å². The standard InChI is InChI=1S/C4H13O3PSi/c1-9(2,3)4-8(5,6)7/h4H2,1-3H3,(H2,5,6,7). The summed E-state index contributed by atoms with van der Waals surface area (Å²) in [5, 5.41) is 0. The Balaban J connectivity index is 3.90. The maximum Gasteiger partial charge on any atom is 0.322 e. The van der Waals surface area contributed by atoms with E-state index in [1.54, 1.807) is 0 Å². The zero-order valence-corrected chi connectivity index (χ0v) is 7.85. The van der Waals surface area contributed by atoms with Crippen molar-refractivity contribution >= 4 is 15.7 Å². The minimum atomic E-state index is -3.73. The molecule has 56 valence electrons. The normalized spacial score (nSPS) is 13.9. The summed E-state index contributed by atoms with van der Waals surface area (Å²) < 4.78 is 10.4. The Morgan fingerprint density at radius 1 is 1.33 bits per heavy atom. The van der Waals surface area contributed by atoms with Gasteiger partial charge in [0.25, 0.3) is 0 Å². The highest BCUT2D eigenvalue weighted by atomic mass is 31.2. The van der Waals surface area contributed by atoms with Gasteiger partial charge in [-0.3, -0.25) is 4.57 Å². The van der Waals surface area contributed by atoms with Crippen LogP contribution in [0.15, 0.2) is 0 Å². The third-order valence-corrected chi connectivity index (χ3v) is 6.12. The van der Waals surface area contributed by atoms with Crippen LogP contribution in [0.1, 0.15) is 0 Å². The minimum absolute atomic E-state index is 0.0972. The molecule has 0 rings (SSSR count). The maximum atomic E-state index is 10.4. The fourth-order valence-corrected chi connectivity index (χ4v) is 5.56. The molecule has 0 radical (unpaired) electrons. The highest BCUT2D eigenvalue weighted by molar-refractivity contribution is 7.55. The van der Waals surface area contributed by atoms with Crippen LogP contribution >= 0.6 is 7.60 Å². The molecule has 0 spiro atoms. The van der Waals surface area contributed by atoms with E-state index in [2.05, 4.69) is 0 Å². The van der Waals surface area contributed by atoms with Gasteiger partial charge in [-0.15, -0.1) is 0 Å². The van der Waals surface area contributed by atoms with E-state index in [4.69, 9.17) is 9.79 Å². The first kappa shape index (κ1) is 9.37. The monoisotopic (exact) mass is 168 g/mol. The van der Waals surface area contributed by atoms with E-state index in [0.29, 0.717) is 0 Å². The average Bonchev–Trinajstić information content (AvgIpc) is 1.14. The lowest BCUT2D eigenvalue weighted by Crippen LogP contribution is -2.25. The lowest BCUT2D eigenvalue weighted by Gasteiger charge is -2.15. The van der Waals surface area contributed by atoms with Crippen LogP contribution in [0.5, 0.6) is 0 Å². The maximum absolute atomic E-state index is 10.4. The first-order chi connectivity index (χ1) is 3.71. The Bertz CT molecular complexity index is 133. The molecule has 0 aliphatic rings. The van der Waals surface area contributed by atoms with Crippen LogP contribution in [-0.2, 0) is 4.57 Å². The predicted octanol–water partition coefficient (Wildman–Crippen LogP) is 1.04. The molecule has 5 heteroatoms. The van der Waals surface area contributed by atoms with E-state index < -0.39 is 15.7 Å². The summed E-state index contributed by atoms with van der Waals surface area (Å²) in [5.74, 6) is 0.0972. The molecule has 9 heavy (non-hydrogen) atoms. The van der Waals surface area contributed by atoms with Gasteiger partial charge in [0, 0.05) is 5.79 Å². The predicted molar refractivity (Wildman–Crippen MR) is 40.3 cm³/mol. The third kappa shape index (κ3) is 8.37. The van der Waals surface area contributed by atoms with Crippen molar-refractivity contribution < 1.29 is 14.4 Å². The number of hydrogen-bond donors (Lipinski definition) is 2. The first-order valence-corrected chi connectivity index (χ1v) is 8.26. The molecule has 0 aromatic carbocycles. The quantitative estimate of drug-likeness (QED) is 0.478. The summed E-state index contributed by atoms with van der Waals surface area (Å²) in [4.78, 5) is 17.0. The zero-order chi connectivity index (χ0) is 7.71. The number of rotatable bonds is 2. The molecule has 0 aromatic heterocycles. The minimum Gasteiger partial charge on any atom is -0.325 e. The molecule has 0 saturated carbocycles. The second-order valence-corrected chi connectivity index (χ2v) is 11.1. The van der Waals surface area contributed by atoms with Gasteiger partial charge in [0.2, 0.25) is 0 Å². The van der Waals surface area contributed by atoms with E-state index in [9.17, 15) is 4.57 Å². The number of hydrogen-bond acceptors (Lipinski definition) is 1. The Morgan fingerprint density at radius 2 is 1.67 bits per heavy atom. The molecule has 3 nitrogen and oxygen atoms in total. The second kappa shape index (κ2) is 2.54. The SMILES string of the molecule is C[Si](C)(C)CP(=O)(O)O. The van der Waals surface area contributed by atoms with Crippen LogP contribution < -0.4 is 0 Å². The average molecular weight is 168 g/mol. The smallest absolute Gasteiger partial charge is 0.322 e. The molecular weight excluding hydrogens is 155 g/mol. The van der Waals surface area contributed by atoms with Crippen molar-refractivity contribution in [3.63, 3.8) is 0 Å². The largest absolute Gasteiger partial charge is 0.325 e. The Kier molecular flexibility index (Phi) is 2.64. The van der Waals surface area contributed by atoms with E-state index in [-0.39, 0.29) is 5.79 Å². The van der Waals surface area contributed by atoms with E-state index in [1.165, 1.54) is 0 Å². The van der Waals surface area contributed by atoms with Gasteiger partial charge in [-0.25, -0.2) is 0 Å². The summed E-state index contributed by atoms with van der Waals surface area (Å²) in [6, 6.07) is 0. The van der Waals surface area contributed by atoms with Gasteiger partial charge in [0.05, 0.1) is 8.07 Å². The van der Waals surface area contributed by atoms with Crippen molar-refractivity contribution in [1.82, 2.24) is 0 Å². The summed E-state index contributed by atoms with van der Waals surface area (Å²) in [7, 11) is -5.28. The fraction of sp³-hybridized carbons (Fsp3) is 1.00. The molecule has 0 unspecified atom stereocenters. The Labute approximate surface area is 56.3 Å². The van der Waals surface area contributed by atoms with Gasteiger partial charge in [0.15, 0.2) is 0 Å². The lowest BCUT2D eigenvalue weighted by molar-refractivity contribution is 0.378. The third-order valence-electron chi connectivity index (χ3n) is 0.680. The first-order valence-electron chi connectivity index (χ1n) is 2.75. The van der Waals surface area contributed by atoms with E-state index >= 15 is 0 Å². The van der Waals surface area contributed by atoms with Crippen molar-refractivity contribution in [2.75, 3.05) is 5.79 Å². The highest BCUT2D eigenvalue weighted by Gasteiger charge is 2.24. The van der Waals surface area contributed by atoms with Crippen LogP contribution in [0.3, 0.4) is 0 Å². The van der Waals surface area contributed by atoms with Crippen LogP contribution in [0.2, 0.25) is 19.6 Å². The van der Waals surface area contributed by atoms with Crippen LogP contribution in [0.25, 0.3) is 0 Å². The highest BCUT2D eigenvalue weighted by Crippen LogP contribution is 2.37. The summed E-state index contributed by atoms with van der Waals surface area (Å²) >= 11 is 0. The molecule has 0 amide bonds. The molecule has 0 saturated heterocycles. The topological polar surface area (TPSA) is 57.5 Å². The second-order valence-electron chi connectivity index (χ2n) is 3.38. The summed E-state index contributed by atoms with van der Waals surface area (Å²) in [6.45, 7) is 5.81. The molecule has 0 aromatic rings. The summed E-state index contributed by atoms with van der Waals surface area (Å²) in [5.41, 5.74) is 0. The van der Waals surface area contributed by atoms with Crippen LogP contribution in [0, 0.1) is 0 Å². The van der Waals surface area contributed by atoms with Gasteiger partial charge in [-0.1, -0.05) is 19.6 Å². The molecule has 0 atom stereocenters. The molecule has 2 N–H and O–H groups in total. The van der Waals surface area contributed by atoms with Crippen molar-refractivity contribution in [1.29, 1.82) is 0 Å². The Hall–Kier alpha value is 0.367. The Morgan fingerprint density at radius 3 is 1.67 bits per heavy atom. The van der Waals surface area contributed by atoms with Gasteiger partial charge in [0.1, 0.15) is 0 Å². The van der Waals surface area contributed by atoms with Gasteiger partial charge in [-0.2, -0.15) is 0 Å². The van der Waals surface area contributed by atoms with Gasteiger partial charge in [-0.05, 0) is 0 Å². The molecular formula is C4H13O3PSi. The van der Waals surface area contributed by atoms with Crippen molar-refractivity contribution in [2.45, 2.75) is 19.6 Å². The van der Waals surface area contributed by atoms with E-state index in [1.807, 2.05) is 19.6 Å². The van der Waals surface area contributed by atoms with Crippen LogP contribution in [0.4, 0.5) is 0 Å². The zero-order valence-electron chi connectivity index (χ0n) is 5.96. The van der Waals surface area contributed by atoms with Crippen molar-refractivity contribution in [3.8, 4) is 0 Å². The molecule has 0 heterocycles. The molecule has 0 aliphatic carbocycles. The molecule has 0 aliphatic heterocycles. The lowest BCUT2D eigenvalue weighted by atomic mass is 11.8. The molecule has 0 fully saturated rings. The molecule has 0 bridgehead atoms. The van der Waals surface area contributed by atoms with Crippen molar-refractivity contribution in [3.05, 3.63) is 0 Å². The van der Waals surface area contributed by atoms with Gasteiger partial charge >= 0.3 is 7.60 Å². The summed E-state index contributed by atoms with van der Waals surface area (Å²) in [6.07, 6.45) is 0. The van der Waals surface area contributed by atoms with Crippen LogP contribution in [-0.4, -0.2) is 23.6 Å². The fourth-order valence-electron chi connectivity index (χ4n) is 0.618.